The van der Waals surface area contributed by atoms with E-state index in [2.05, 4.69) is 10.6 Å². The minimum atomic E-state index is -0.852. The minimum absolute atomic E-state index is 0.173. The number of esters is 1. The molecule has 1 saturated heterocycles. The predicted octanol–water partition coefficient (Wildman–Crippen LogP) is 0.945. The van der Waals surface area contributed by atoms with E-state index in [0.29, 0.717) is 19.3 Å². The maximum absolute atomic E-state index is 12.7. The fourth-order valence-electron chi connectivity index (χ4n) is 3.53. The van der Waals surface area contributed by atoms with Crippen LogP contribution < -0.4 is 10.6 Å². The van der Waals surface area contributed by atoms with Gasteiger partial charge in [-0.2, -0.15) is 0 Å². The van der Waals surface area contributed by atoms with Crippen molar-refractivity contribution in [1.82, 2.24) is 15.5 Å². The van der Waals surface area contributed by atoms with Crippen molar-refractivity contribution in [2.45, 2.75) is 64.0 Å². The molecule has 1 aliphatic carbocycles. The third-order valence-electron chi connectivity index (χ3n) is 4.78. The monoisotopic (exact) mass is 353 g/mol. The van der Waals surface area contributed by atoms with Gasteiger partial charge in [0.05, 0.1) is 7.11 Å². The highest BCUT2D eigenvalue weighted by Gasteiger charge is 2.51. The van der Waals surface area contributed by atoms with Crippen molar-refractivity contribution < 1.29 is 23.9 Å². The molecule has 0 unspecified atom stereocenters. The number of carbonyl (C=O) groups is 4. The van der Waals surface area contributed by atoms with Gasteiger partial charge in [-0.3, -0.25) is 14.5 Å². The van der Waals surface area contributed by atoms with Gasteiger partial charge >= 0.3 is 12.0 Å². The lowest BCUT2D eigenvalue weighted by Gasteiger charge is -2.30. The van der Waals surface area contributed by atoms with Crippen molar-refractivity contribution in [3.63, 3.8) is 0 Å². The molecule has 1 atom stereocenters. The van der Waals surface area contributed by atoms with Crippen LogP contribution in [0, 0.1) is 5.92 Å². The molecule has 140 valence electrons. The summed E-state index contributed by atoms with van der Waals surface area (Å²) < 4.78 is 4.70. The molecule has 2 fully saturated rings. The molecule has 8 nitrogen and oxygen atoms in total. The zero-order valence-corrected chi connectivity index (χ0v) is 15.1. The maximum atomic E-state index is 12.7. The van der Waals surface area contributed by atoms with E-state index in [0.717, 1.165) is 24.2 Å². The number of imide groups is 1. The van der Waals surface area contributed by atoms with Gasteiger partial charge in [0.1, 0.15) is 18.1 Å². The van der Waals surface area contributed by atoms with E-state index in [1.165, 1.54) is 7.11 Å². The normalized spacial score (nSPS) is 20.6. The molecule has 2 aliphatic rings. The summed E-state index contributed by atoms with van der Waals surface area (Å²) in [6.07, 6.45) is 4.43. The molecule has 1 saturated carbocycles. The Morgan fingerprint density at radius 2 is 1.88 bits per heavy atom. The molecule has 2 rings (SSSR count). The molecular formula is C17H27N3O5. The second kappa shape index (κ2) is 7.84. The number of urea groups is 1. The van der Waals surface area contributed by atoms with Gasteiger partial charge in [0.2, 0.25) is 5.91 Å². The molecule has 0 radical (unpaired) electrons. The molecule has 4 amide bonds. The van der Waals surface area contributed by atoms with Crippen LogP contribution in [0.1, 0.15) is 52.4 Å². The average molecular weight is 353 g/mol. The van der Waals surface area contributed by atoms with Crippen molar-refractivity contribution in [3.8, 4) is 0 Å². The van der Waals surface area contributed by atoms with Crippen LogP contribution in [0.4, 0.5) is 4.79 Å². The van der Waals surface area contributed by atoms with Gasteiger partial charge in [-0.05, 0) is 25.2 Å². The summed E-state index contributed by atoms with van der Waals surface area (Å²) in [6, 6.07) is -1.33. The number of rotatable bonds is 6. The van der Waals surface area contributed by atoms with Crippen LogP contribution in [0.3, 0.4) is 0 Å². The summed E-state index contributed by atoms with van der Waals surface area (Å²) in [5.41, 5.74) is -0.852. The Morgan fingerprint density at radius 1 is 1.24 bits per heavy atom. The number of ether oxygens (including phenoxy) is 1. The smallest absolute Gasteiger partial charge is 0.328 e. The summed E-state index contributed by atoms with van der Waals surface area (Å²) in [4.78, 5) is 49.8. The van der Waals surface area contributed by atoms with Crippen molar-refractivity contribution in [2.24, 2.45) is 5.92 Å². The SMILES string of the molecule is COC(=O)[C@H](CC(C)C)NC(=O)CN1C(=O)NC2(CCCCC2)C1=O. The lowest BCUT2D eigenvalue weighted by molar-refractivity contribution is -0.145. The number of hydrogen-bond donors (Lipinski definition) is 2. The predicted molar refractivity (Wildman–Crippen MR) is 89.5 cm³/mol. The maximum Gasteiger partial charge on any atom is 0.328 e. The highest BCUT2D eigenvalue weighted by Crippen LogP contribution is 2.33. The number of carbonyl (C=O) groups excluding carboxylic acids is 4. The molecule has 0 aromatic rings. The first-order valence-electron chi connectivity index (χ1n) is 8.80. The molecule has 0 aromatic heterocycles. The molecule has 2 N–H and O–H groups in total. The lowest BCUT2D eigenvalue weighted by Crippen LogP contribution is -2.50. The van der Waals surface area contributed by atoms with Gasteiger partial charge in [0.15, 0.2) is 0 Å². The highest BCUT2D eigenvalue weighted by molar-refractivity contribution is 6.09. The van der Waals surface area contributed by atoms with Crippen LogP contribution in [0.5, 0.6) is 0 Å². The second-order valence-electron chi connectivity index (χ2n) is 7.24. The summed E-state index contributed by atoms with van der Waals surface area (Å²) >= 11 is 0. The largest absolute Gasteiger partial charge is 0.467 e. The first-order valence-corrected chi connectivity index (χ1v) is 8.80. The lowest BCUT2D eigenvalue weighted by atomic mass is 9.82. The third kappa shape index (κ3) is 4.29. The van der Waals surface area contributed by atoms with Crippen LogP contribution in [-0.2, 0) is 19.1 Å². The van der Waals surface area contributed by atoms with Crippen molar-refractivity contribution in [2.75, 3.05) is 13.7 Å². The number of nitrogens with one attached hydrogen (secondary N) is 2. The number of amides is 4. The fourth-order valence-corrected chi connectivity index (χ4v) is 3.53. The average Bonchev–Trinajstić information content (AvgIpc) is 2.78. The van der Waals surface area contributed by atoms with Crippen LogP contribution in [0.25, 0.3) is 0 Å². The van der Waals surface area contributed by atoms with Gasteiger partial charge < -0.3 is 15.4 Å². The standard InChI is InChI=1S/C17H27N3O5/c1-11(2)9-12(14(22)25-3)18-13(21)10-20-15(23)17(19-16(20)24)7-5-4-6-8-17/h11-12H,4-10H2,1-3H3,(H,18,21)(H,19,24)/t12-/m0/s1. The molecular weight excluding hydrogens is 326 g/mol. The Kier molecular flexibility index (Phi) is 6.02. The number of methoxy groups -OCH3 is 1. The summed E-state index contributed by atoms with van der Waals surface area (Å²) in [5.74, 6) is -1.26. The van der Waals surface area contributed by atoms with E-state index in [1.54, 1.807) is 0 Å². The molecule has 1 spiro atoms. The van der Waals surface area contributed by atoms with E-state index in [4.69, 9.17) is 4.74 Å². The highest BCUT2D eigenvalue weighted by atomic mass is 16.5. The third-order valence-corrected chi connectivity index (χ3v) is 4.78. The summed E-state index contributed by atoms with van der Waals surface area (Å²) in [7, 11) is 1.26. The number of nitrogens with zero attached hydrogens (tertiary/aromatic N) is 1. The van der Waals surface area contributed by atoms with Crippen LogP contribution in [-0.4, -0.2) is 54.0 Å². The topological polar surface area (TPSA) is 105 Å². The Balaban J connectivity index is 2.00. The van der Waals surface area contributed by atoms with Crippen LogP contribution >= 0.6 is 0 Å². The molecule has 0 aromatic carbocycles. The van der Waals surface area contributed by atoms with Crippen molar-refractivity contribution in [3.05, 3.63) is 0 Å². The Labute approximate surface area is 147 Å². The van der Waals surface area contributed by atoms with E-state index >= 15 is 0 Å². The first kappa shape index (κ1) is 19.2. The summed E-state index contributed by atoms with van der Waals surface area (Å²) in [6.45, 7) is 3.46. The second-order valence-corrected chi connectivity index (χ2v) is 7.24. The van der Waals surface area contributed by atoms with E-state index in [1.807, 2.05) is 13.8 Å². The summed E-state index contributed by atoms with van der Waals surface area (Å²) in [5, 5.41) is 5.33. The Bertz CT molecular complexity index is 554. The zero-order valence-electron chi connectivity index (χ0n) is 15.1. The van der Waals surface area contributed by atoms with E-state index in [-0.39, 0.29) is 11.8 Å². The quantitative estimate of drug-likeness (QED) is 0.546. The minimum Gasteiger partial charge on any atom is -0.467 e. The Hall–Kier alpha value is -2.12. The fraction of sp³-hybridized carbons (Fsp3) is 0.765. The first-order chi connectivity index (χ1) is 11.8. The van der Waals surface area contributed by atoms with Gasteiger partial charge in [-0.15, -0.1) is 0 Å². The molecule has 25 heavy (non-hydrogen) atoms. The Morgan fingerprint density at radius 3 is 2.44 bits per heavy atom. The van der Waals surface area contributed by atoms with Gasteiger partial charge in [-0.25, -0.2) is 9.59 Å². The molecule has 8 heteroatoms. The molecule has 1 aliphatic heterocycles. The van der Waals surface area contributed by atoms with Gasteiger partial charge in [-0.1, -0.05) is 33.1 Å². The molecule has 0 bridgehead atoms. The molecule has 1 heterocycles. The number of hydrogen-bond acceptors (Lipinski definition) is 5. The van der Waals surface area contributed by atoms with Gasteiger partial charge in [0.25, 0.3) is 5.91 Å². The van der Waals surface area contributed by atoms with Crippen LogP contribution in [0.2, 0.25) is 0 Å². The van der Waals surface area contributed by atoms with Crippen LogP contribution in [0.15, 0.2) is 0 Å². The van der Waals surface area contributed by atoms with Crippen molar-refractivity contribution >= 4 is 23.8 Å². The zero-order chi connectivity index (χ0) is 18.6. The van der Waals surface area contributed by atoms with E-state index < -0.39 is 36.0 Å². The van der Waals surface area contributed by atoms with Crippen molar-refractivity contribution in [1.29, 1.82) is 0 Å². The van der Waals surface area contributed by atoms with E-state index in [9.17, 15) is 19.2 Å². The van der Waals surface area contributed by atoms with Gasteiger partial charge in [0, 0.05) is 0 Å².